The third kappa shape index (κ3) is 4.05. The molecule has 8 nitrogen and oxygen atoms in total. The third-order valence-electron chi connectivity index (χ3n) is 10.6. The second-order valence-corrected chi connectivity index (χ2v) is 12.1. The first-order valence-electron chi connectivity index (χ1n) is 13.3. The lowest BCUT2D eigenvalue weighted by Gasteiger charge is -2.58. The van der Waals surface area contributed by atoms with Crippen molar-refractivity contribution >= 4 is 11.6 Å². The van der Waals surface area contributed by atoms with Crippen molar-refractivity contribution in [1.29, 1.82) is 0 Å². The molecule has 1 heterocycles. The molecule has 3 saturated carbocycles. The Hall–Kier alpha value is -1.16. The van der Waals surface area contributed by atoms with Gasteiger partial charge in [0.25, 0.3) is 0 Å². The molecule has 0 amide bonds. The van der Waals surface area contributed by atoms with Gasteiger partial charge in [0, 0.05) is 12.3 Å². The Morgan fingerprint density at radius 1 is 1.03 bits per heavy atom. The Balaban J connectivity index is 1.26. The van der Waals surface area contributed by atoms with Crippen LogP contribution in [0, 0.1) is 34.5 Å². The topological polar surface area (TPSA) is 134 Å². The molecule has 8 heteroatoms. The fraction of sp³-hybridized carbons (Fsp3) is 0.852. The fourth-order valence-electron chi connectivity index (χ4n) is 8.56. The van der Waals surface area contributed by atoms with Crippen molar-refractivity contribution in [1.82, 2.24) is 0 Å². The van der Waals surface area contributed by atoms with Crippen LogP contribution >= 0.6 is 0 Å². The van der Waals surface area contributed by atoms with E-state index in [0.29, 0.717) is 24.2 Å². The molecule has 11 atom stereocenters. The highest BCUT2D eigenvalue weighted by molar-refractivity contribution is 5.91. The SMILES string of the molecule is C[C@]12CC[C@H]3[C@@H](CCC4=CC(=O)CC[C@@]43C)[C@@H]1CC[C@@H]2C(=O)CO[C@@H]1O[C@H](CO)[C@@H](O)[C@H](O)[C@H]1O. The molecule has 0 unspecified atom stereocenters. The van der Waals surface area contributed by atoms with Crippen molar-refractivity contribution < 1.29 is 39.5 Å². The third-order valence-corrected chi connectivity index (χ3v) is 10.6. The van der Waals surface area contributed by atoms with Crippen LogP contribution in [0.5, 0.6) is 0 Å². The van der Waals surface area contributed by atoms with Crippen LogP contribution in [0.1, 0.15) is 65.2 Å². The van der Waals surface area contributed by atoms with Gasteiger partial charge in [0.2, 0.25) is 0 Å². The van der Waals surface area contributed by atoms with Gasteiger partial charge in [-0.05, 0) is 79.6 Å². The molecule has 0 spiro atoms. The first-order chi connectivity index (χ1) is 16.6. The zero-order valence-electron chi connectivity index (χ0n) is 20.8. The highest BCUT2D eigenvalue weighted by Crippen LogP contribution is 2.66. The summed E-state index contributed by atoms with van der Waals surface area (Å²) < 4.78 is 11.0. The molecular formula is C27H40O8. The molecule has 1 saturated heterocycles. The maximum atomic E-state index is 13.4. The van der Waals surface area contributed by atoms with Crippen molar-refractivity contribution in [2.75, 3.05) is 13.2 Å². The Kier molecular flexibility index (Phi) is 6.77. The molecule has 0 aromatic rings. The molecule has 35 heavy (non-hydrogen) atoms. The number of ether oxygens (including phenoxy) is 2. The number of rotatable bonds is 5. The number of ketones is 2. The number of Topliss-reactive ketones (excluding diaryl/α,β-unsaturated/α-hetero) is 1. The summed E-state index contributed by atoms with van der Waals surface area (Å²) in [6, 6.07) is 0. The van der Waals surface area contributed by atoms with Gasteiger partial charge in [-0.1, -0.05) is 19.4 Å². The second kappa shape index (κ2) is 9.30. The van der Waals surface area contributed by atoms with E-state index in [1.54, 1.807) is 0 Å². The van der Waals surface area contributed by atoms with Crippen molar-refractivity contribution in [3.63, 3.8) is 0 Å². The second-order valence-electron chi connectivity index (χ2n) is 12.1. The molecule has 4 N–H and O–H groups in total. The molecule has 5 rings (SSSR count). The predicted molar refractivity (Wildman–Crippen MR) is 125 cm³/mol. The minimum atomic E-state index is -1.52. The largest absolute Gasteiger partial charge is 0.394 e. The Morgan fingerprint density at radius 2 is 1.80 bits per heavy atom. The Labute approximate surface area is 206 Å². The van der Waals surface area contributed by atoms with Crippen molar-refractivity contribution in [3.05, 3.63) is 11.6 Å². The molecule has 0 radical (unpaired) electrons. The van der Waals surface area contributed by atoms with E-state index in [0.717, 1.165) is 44.9 Å². The number of fused-ring (bicyclic) bond motifs is 5. The maximum absolute atomic E-state index is 13.4. The van der Waals surface area contributed by atoms with Gasteiger partial charge in [0.1, 0.15) is 31.0 Å². The molecule has 4 aliphatic carbocycles. The average molecular weight is 493 g/mol. The maximum Gasteiger partial charge on any atom is 0.187 e. The summed E-state index contributed by atoms with van der Waals surface area (Å²) >= 11 is 0. The first-order valence-corrected chi connectivity index (χ1v) is 13.3. The summed E-state index contributed by atoms with van der Waals surface area (Å²) in [6.07, 6.45) is 2.63. The van der Waals surface area contributed by atoms with Crippen molar-refractivity contribution in [2.24, 2.45) is 34.5 Å². The van der Waals surface area contributed by atoms with E-state index in [1.165, 1.54) is 5.57 Å². The van der Waals surface area contributed by atoms with Crippen molar-refractivity contribution in [2.45, 2.75) is 95.9 Å². The number of allylic oxidation sites excluding steroid dienone is 1. The van der Waals surface area contributed by atoms with E-state index >= 15 is 0 Å². The molecule has 0 aromatic heterocycles. The highest BCUT2D eigenvalue weighted by atomic mass is 16.7. The normalized spacial score (nSPS) is 49.6. The summed E-state index contributed by atoms with van der Waals surface area (Å²) in [5.41, 5.74) is 1.35. The summed E-state index contributed by atoms with van der Waals surface area (Å²) in [6.45, 7) is 3.84. The van der Waals surface area contributed by atoms with Gasteiger partial charge in [0.15, 0.2) is 17.9 Å². The number of carbonyl (C=O) groups is 2. The lowest BCUT2D eigenvalue weighted by molar-refractivity contribution is -0.299. The molecule has 0 aromatic carbocycles. The van der Waals surface area contributed by atoms with Crippen LogP contribution in [-0.2, 0) is 19.1 Å². The van der Waals surface area contributed by atoms with Crippen LogP contribution in [0.4, 0.5) is 0 Å². The minimum absolute atomic E-state index is 0.0173. The number of carbonyl (C=O) groups excluding carboxylic acids is 2. The predicted octanol–water partition coefficient (Wildman–Crippen LogP) is 1.52. The fourth-order valence-corrected chi connectivity index (χ4v) is 8.56. The summed E-state index contributed by atoms with van der Waals surface area (Å²) in [4.78, 5) is 25.4. The van der Waals surface area contributed by atoms with E-state index in [4.69, 9.17) is 9.47 Å². The van der Waals surface area contributed by atoms with Crippen LogP contribution in [0.25, 0.3) is 0 Å². The quantitative estimate of drug-likeness (QED) is 0.454. The van der Waals surface area contributed by atoms with Gasteiger partial charge in [-0.25, -0.2) is 0 Å². The van der Waals surface area contributed by atoms with Crippen LogP contribution < -0.4 is 0 Å². The van der Waals surface area contributed by atoms with Crippen molar-refractivity contribution in [3.8, 4) is 0 Å². The molecule has 0 bridgehead atoms. The van der Waals surface area contributed by atoms with Gasteiger partial charge < -0.3 is 29.9 Å². The number of aliphatic hydroxyl groups excluding tert-OH is 4. The molecule has 1 aliphatic heterocycles. The summed E-state index contributed by atoms with van der Waals surface area (Å²) in [7, 11) is 0. The number of aliphatic hydroxyl groups is 4. The molecule has 4 fully saturated rings. The van der Waals surface area contributed by atoms with E-state index in [2.05, 4.69) is 13.8 Å². The molecule has 196 valence electrons. The monoisotopic (exact) mass is 492 g/mol. The zero-order valence-corrected chi connectivity index (χ0v) is 20.8. The van der Waals surface area contributed by atoms with Crippen LogP contribution in [0.3, 0.4) is 0 Å². The Bertz CT molecular complexity index is 884. The summed E-state index contributed by atoms with van der Waals surface area (Å²) in [5.74, 6) is 1.72. The van der Waals surface area contributed by atoms with E-state index in [9.17, 15) is 30.0 Å². The van der Waals surface area contributed by atoms with E-state index in [1.807, 2.05) is 6.08 Å². The highest BCUT2D eigenvalue weighted by Gasteiger charge is 2.60. The zero-order chi connectivity index (χ0) is 25.1. The van der Waals surface area contributed by atoms with Gasteiger partial charge in [-0.2, -0.15) is 0 Å². The van der Waals surface area contributed by atoms with Gasteiger partial charge in [-0.15, -0.1) is 0 Å². The minimum Gasteiger partial charge on any atom is -0.394 e. The molecular weight excluding hydrogens is 452 g/mol. The van der Waals surface area contributed by atoms with Gasteiger partial charge in [0.05, 0.1) is 6.61 Å². The van der Waals surface area contributed by atoms with E-state index in [-0.39, 0.29) is 34.9 Å². The van der Waals surface area contributed by atoms with Gasteiger partial charge in [-0.3, -0.25) is 9.59 Å². The molecule has 5 aliphatic rings. The number of hydrogen-bond donors (Lipinski definition) is 4. The lowest BCUT2D eigenvalue weighted by atomic mass is 9.46. The number of hydrogen-bond acceptors (Lipinski definition) is 8. The van der Waals surface area contributed by atoms with E-state index < -0.39 is 37.3 Å². The summed E-state index contributed by atoms with van der Waals surface area (Å²) in [5, 5.41) is 39.5. The van der Waals surface area contributed by atoms with Crippen LogP contribution in [0.15, 0.2) is 11.6 Å². The lowest BCUT2D eigenvalue weighted by Crippen LogP contribution is -2.59. The van der Waals surface area contributed by atoms with Gasteiger partial charge >= 0.3 is 0 Å². The van der Waals surface area contributed by atoms with Crippen LogP contribution in [0.2, 0.25) is 0 Å². The smallest absolute Gasteiger partial charge is 0.187 e. The Morgan fingerprint density at radius 3 is 2.54 bits per heavy atom. The van der Waals surface area contributed by atoms with Crippen LogP contribution in [-0.4, -0.2) is 75.9 Å². The first kappa shape index (κ1) is 25.5. The standard InChI is InChI=1S/C27H40O8/c1-26-9-7-15(29)11-14(26)3-4-16-17-5-6-19(27(17,2)10-8-18(16)26)20(30)13-34-25-24(33)23(32)22(31)21(12-28)35-25/h11,16-19,21-25,28,31-33H,3-10,12-13H2,1-2H3/t16-,17-,18-,19+,21+,22+,23-,24+,25+,26-,27-/m0/s1. The average Bonchev–Trinajstić information content (AvgIpc) is 3.20.